The summed E-state index contributed by atoms with van der Waals surface area (Å²) in [7, 11) is 0. The standard InChI is InChI=1S/C19H14ClN3O2S/c20-13-6-7-16-17(10-13)22-19(26-12-14-4-1-2-8-21-14)23(18(16)24)11-15-5-3-9-25-15/h1-10H,11-12H2. The molecule has 3 heterocycles. The third-order valence-corrected chi connectivity index (χ3v) is 5.10. The number of furan rings is 1. The maximum Gasteiger partial charge on any atom is 0.262 e. The zero-order chi connectivity index (χ0) is 17.9. The predicted molar refractivity (Wildman–Crippen MR) is 103 cm³/mol. The van der Waals surface area contributed by atoms with E-state index in [0.717, 1.165) is 5.69 Å². The predicted octanol–water partition coefficient (Wildman–Crippen LogP) is 4.38. The van der Waals surface area contributed by atoms with Crippen molar-refractivity contribution in [3.8, 4) is 0 Å². The first-order chi connectivity index (χ1) is 12.7. The third kappa shape index (κ3) is 3.52. The number of hydrogen-bond donors (Lipinski definition) is 0. The van der Waals surface area contributed by atoms with Crippen molar-refractivity contribution in [2.75, 3.05) is 0 Å². The van der Waals surface area contributed by atoms with Crippen molar-refractivity contribution in [1.82, 2.24) is 14.5 Å². The molecule has 0 unspecified atom stereocenters. The second-order valence-corrected chi connectivity index (χ2v) is 7.02. The number of fused-ring (bicyclic) bond motifs is 1. The van der Waals surface area contributed by atoms with Crippen molar-refractivity contribution in [2.45, 2.75) is 17.5 Å². The molecular formula is C19H14ClN3O2S. The van der Waals surface area contributed by atoms with Crippen LogP contribution in [0, 0.1) is 0 Å². The fourth-order valence-electron chi connectivity index (χ4n) is 2.60. The Morgan fingerprint density at radius 1 is 1.15 bits per heavy atom. The van der Waals surface area contributed by atoms with E-state index in [1.165, 1.54) is 11.8 Å². The van der Waals surface area contributed by atoms with Crippen LogP contribution in [0.1, 0.15) is 11.5 Å². The number of benzene rings is 1. The Morgan fingerprint density at radius 3 is 2.85 bits per heavy atom. The van der Waals surface area contributed by atoms with E-state index in [9.17, 15) is 4.79 Å². The first-order valence-electron chi connectivity index (χ1n) is 7.96. The van der Waals surface area contributed by atoms with Crippen LogP contribution in [0.2, 0.25) is 5.02 Å². The number of thioether (sulfide) groups is 1. The van der Waals surface area contributed by atoms with Gasteiger partial charge in [-0.2, -0.15) is 0 Å². The Morgan fingerprint density at radius 2 is 2.08 bits per heavy atom. The quantitative estimate of drug-likeness (QED) is 0.378. The van der Waals surface area contributed by atoms with Gasteiger partial charge in [0.25, 0.3) is 5.56 Å². The van der Waals surface area contributed by atoms with Gasteiger partial charge in [-0.15, -0.1) is 0 Å². The lowest BCUT2D eigenvalue weighted by atomic mass is 10.2. The molecule has 0 bridgehead atoms. The van der Waals surface area contributed by atoms with Crippen LogP contribution >= 0.6 is 23.4 Å². The van der Waals surface area contributed by atoms with E-state index in [1.54, 1.807) is 41.3 Å². The minimum Gasteiger partial charge on any atom is -0.467 e. The van der Waals surface area contributed by atoms with Gasteiger partial charge in [0.05, 0.1) is 29.4 Å². The molecule has 0 saturated carbocycles. The first-order valence-corrected chi connectivity index (χ1v) is 9.32. The van der Waals surface area contributed by atoms with Gasteiger partial charge >= 0.3 is 0 Å². The highest BCUT2D eigenvalue weighted by atomic mass is 35.5. The zero-order valence-corrected chi connectivity index (χ0v) is 15.2. The molecule has 7 heteroatoms. The van der Waals surface area contributed by atoms with Crippen LogP contribution in [-0.2, 0) is 12.3 Å². The minimum absolute atomic E-state index is 0.119. The normalized spacial score (nSPS) is 11.1. The molecule has 0 fully saturated rings. The SMILES string of the molecule is O=c1c2ccc(Cl)cc2nc(SCc2ccccn2)n1Cc1ccco1. The molecule has 4 aromatic rings. The number of pyridine rings is 1. The molecule has 130 valence electrons. The van der Waals surface area contributed by atoms with Crippen LogP contribution in [0.4, 0.5) is 0 Å². The largest absolute Gasteiger partial charge is 0.467 e. The molecule has 1 aromatic carbocycles. The maximum absolute atomic E-state index is 13.0. The molecule has 4 rings (SSSR count). The van der Waals surface area contributed by atoms with Gasteiger partial charge in [-0.25, -0.2) is 4.98 Å². The van der Waals surface area contributed by atoms with Crippen LogP contribution in [-0.4, -0.2) is 14.5 Å². The average molecular weight is 384 g/mol. The molecule has 0 spiro atoms. The lowest BCUT2D eigenvalue weighted by Crippen LogP contribution is -2.23. The second-order valence-electron chi connectivity index (χ2n) is 5.64. The van der Waals surface area contributed by atoms with E-state index in [4.69, 9.17) is 16.0 Å². The van der Waals surface area contributed by atoms with Gasteiger partial charge in [-0.3, -0.25) is 14.3 Å². The summed E-state index contributed by atoms with van der Waals surface area (Å²) < 4.78 is 7.04. The number of aromatic nitrogens is 3. The van der Waals surface area contributed by atoms with Gasteiger partial charge in [-0.1, -0.05) is 29.4 Å². The fraction of sp³-hybridized carbons (Fsp3) is 0.105. The number of halogens is 1. The van der Waals surface area contributed by atoms with E-state index in [2.05, 4.69) is 9.97 Å². The van der Waals surface area contributed by atoms with Crippen molar-refractivity contribution in [3.63, 3.8) is 0 Å². The van der Waals surface area contributed by atoms with Gasteiger partial charge in [0.2, 0.25) is 0 Å². The summed E-state index contributed by atoms with van der Waals surface area (Å²) in [5.41, 5.74) is 1.38. The van der Waals surface area contributed by atoms with Gasteiger partial charge < -0.3 is 4.42 Å². The Hall–Kier alpha value is -2.57. The number of rotatable bonds is 5. The maximum atomic E-state index is 13.0. The molecule has 5 nitrogen and oxygen atoms in total. The van der Waals surface area contributed by atoms with E-state index >= 15 is 0 Å². The van der Waals surface area contributed by atoms with E-state index < -0.39 is 0 Å². The molecule has 0 saturated heterocycles. The molecule has 0 aliphatic rings. The van der Waals surface area contributed by atoms with Crippen LogP contribution in [0.25, 0.3) is 10.9 Å². The Kier molecular flexibility index (Phi) is 4.77. The zero-order valence-electron chi connectivity index (χ0n) is 13.6. The molecule has 0 atom stereocenters. The van der Waals surface area contributed by atoms with Crippen LogP contribution in [0.3, 0.4) is 0 Å². The summed E-state index contributed by atoms with van der Waals surface area (Å²) >= 11 is 7.53. The lowest BCUT2D eigenvalue weighted by Gasteiger charge is -2.12. The topological polar surface area (TPSA) is 60.9 Å². The van der Waals surface area contributed by atoms with Crippen molar-refractivity contribution >= 4 is 34.3 Å². The van der Waals surface area contributed by atoms with E-state index in [1.807, 2.05) is 24.3 Å². The summed E-state index contributed by atoms with van der Waals surface area (Å²) in [6.07, 6.45) is 3.34. The summed E-state index contributed by atoms with van der Waals surface area (Å²) in [5, 5.41) is 1.68. The molecule has 0 aliphatic heterocycles. The smallest absolute Gasteiger partial charge is 0.262 e. The van der Waals surface area contributed by atoms with E-state index in [-0.39, 0.29) is 5.56 Å². The number of hydrogen-bond acceptors (Lipinski definition) is 5. The molecule has 0 aliphatic carbocycles. The molecule has 0 radical (unpaired) electrons. The summed E-state index contributed by atoms with van der Waals surface area (Å²) in [4.78, 5) is 22.0. The third-order valence-electron chi connectivity index (χ3n) is 3.85. The van der Waals surface area contributed by atoms with Crippen LogP contribution in [0.15, 0.2) is 75.4 Å². The summed E-state index contributed by atoms with van der Waals surface area (Å²) in [6, 6.07) is 14.5. The minimum atomic E-state index is -0.119. The van der Waals surface area contributed by atoms with Gasteiger partial charge in [0, 0.05) is 17.0 Å². The molecule has 0 amide bonds. The van der Waals surface area contributed by atoms with Crippen molar-refractivity contribution in [2.24, 2.45) is 0 Å². The highest BCUT2D eigenvalue weighted by Gasteiger charge is 2.14. The van der Waals surface area contributed by atoms with Crippen molar-refractivity contribution in [3.05, 3.63) is 87.8 Å². The van der Waals surface area contributed by atoms with Crippen molar-refractivity contribution < 1.29 is 4.42 Å². The average Bonchev–Trinajstić information content (AvgIpc) is 3.16. The van der Waals surface area contributed by atoms with E-state index in [0.29, 0.717) is 39.1 Å². The highest BCUT2D eigenvalue weighted by molar-refractivity contribution is 7.98. The van der Waals surface area contributed by atoms with Gasteiger partial charge in [0.1, 0.15) is 5.76 Å². The Balaban J connectivity index is 1.78. The summed E-state index contributed by atoms with van der Waals surface area (Å²) in [5.74, 6) is 1.30. The molecule has 3 aromatic heterocycles. The molecule has 26 heavy (non-hydrogen) atoms. The van der Waals surface area contributed by atoms with Crippen LogP contribution < -0.4 is 5.56 Å². The van der Waals surface area contributed by atoms with Crippen molar-refractivity contribution in [1.29, 1.82) is 0 Å². The lowest BCUT2D eigenvalue weighted by molar-refractivity contribution is 0.476. The fourth-order valence-corrected chi connectivity index (χ4v) is 3.68. The molecule has 0 N–H and O–H groups in total. The Labute approximate surface area is 158 Å². The summed E-state index contributed by atoms with van der Waals surface area (Å²) in [6.45, 7) is 0.321. The van der Waals surface area contributed by atoms with Crippen LogP contribution in [0.5, 0.6) is 0 Å². The number of nitrogens with zero attached hydrogens (tertiary/aromatic N) is 3. The van der Waals surface area contributed by atoms with Gasteiger partial charge in [-0.05, 0) is 42.5 Å². The monoisotopic (exact) mass is 383 g/mol. The second kappa shape index (κ2) is 7.35. The first kappa shape index (κ1) is 16.9. The molecular weight excluding hydrogens is 370 g/mol. The highest BCUT2D eigenvalue weighted by Crippen LogP contribution is 2.23. The van der Waals surface area contributed by atoms with Gasteiger partial charge in [0.15, 0.2) is 5.16 Å². The Bertz CT molecular complexity index is 1100.